The SMILES string of the molecule is CN(Cc1cccc(Br)c1)C(CN)c1cc(F)ccc1F. The largest absolute Gasteiger partial charge is 0.329 e. The molecule has 0 aliphatic rings. The Hall–Kier alpha value is -1.30. The number of benzene rings is 2. The van der Waals surface area contributed by atoms with Crippen LogP contribution in [-0.2, 0) is 6.54 Å². The molecule has 0 aliphatic heterocycles. The molecule has 0 aliphatic carbocycles. The van der Waals surface area contributed by atoms with Gasteiger partial charge in [-0.25, -0.2) is 8.78 Å². The van der Waals surface area contributed by atoms with E-state index in [1.54, 1.807) is 0 Å². The summed E-state index contributed by atoms with van der Waals surface area (Å²) in [6, 6.07) is 10.9. The zero-order chi connectivity index (χ0) is 15.4. The Labute approximate surface area is 131 Å². The minimum atomic E-state index is -0.458. The highest BCUT2D eigenvalue weighted by Gasteiger charge is 2.20. The van der Waals surface area contributed by atoms with Gasteiger partial charge in [-0.2, -0.15) is 0 Å². The number of hydrogen-bond acceptors (Lipinski definition) is 2. The number of nitrogens with two attached hydrogens (primary N) is 1. The zero-order valence-electron chi connectivity index (χ0n) is 11.7. The normalized spacial score (nSPS) is 12.7. The predicted octanol–water partition coefficient (Wildman–Crippen LogP) is 3.86. The molecule has 0 heterocycles. The van der Waals surface area contributed by atoms with Gasteiger partial charge in [-0.05, 0) is 42.9 Å². The average molecular weight is 355 g/mol. The van der Waals surface area contributed by atoms with Crippen molar-refractivity contribution in [3.05, 3.63) is 69.7 Å². The number of rotatable bonds is 5. The average Bonchev–Trinajstić information content (AvgIpc) is 2.43. The van der Waals surface area contributed by atoms with Crippen molar-refractivity contribution in [1.82, 2.24) is 4.90 Å². The van der Waals surface area contributed by atoms with Crippen molar-refractivity contribution in [2.75, 3.05) is 13.6 Å². The van der Waals surface area contributed by atoms with Crippen molar-refractivity contribution in [1.29, 1.82) is 0 Å². The van der Waals surface area contributed by atoms with Crippen LogP contribution in [-0.4, -0.2) is 18.5 Å². The number of likely N-dealkylation sites (N-methyl/N-ethyl adjacent to an activating group) is 1. The maximum absolute atomic E-state index is 13.9. The molecule has 2 nitrogen and oxygen atoms in total. The molecule has 0 aromatic heterocycles. The van der Waals surface area contributed by atoms with Crippen LogP contribution in [0.25, 0.3) is 0 Å². The Kier molecular flexibility index (Phi) is 5.45. The van der Waals surface area contributed by atoms with Gasteiger partial charge in [0.2, 0.25) is 0 Å². The smallest absolute Gasteiger partial charge is 0.128 e. The van der Waals surface area contributed by atoms with Gasteiger partial charge in [0.25, 0.3) is 0 Å². The monoisotopic (exact) mass is 354 g/mol. The van der Waals surface area contributed by atoms with Crippen molar-refractivity contribution in [2.24, 2.45) is 5.73 Å². The highest BCUT2D eigenvalue weighted by molar-refractivity contribution is 9.10. The summed E-state index contributed by atoms with van der Waals surface area (Å²) >= 11 is 3.42. The summed E-state index contributed by atoms with van der Waals surface area (Å²) in [4.78, 5) is 1.92. The molecule has 0 spiro atoms. The molecule has 0 saturated carbocycles. The van der Waals surface area contributed by atoms with E-state index in [0.29, 0.717) is 6.54 Å². The summed E-state index contributed by atoms with van der Waals surface area (Å²) in [5.41, 5.74) is 7.13. The molecule has 5 heteroatoms. The van der Waals surface area contributed by atoms with Crippen LogP contribution in [0.15, 0.2) is 46.9 Å². The fourth-order valence-electron chi connectivity index (χ4n) is 2.35. The van der Waals surface area contributed by atoms with E-state index in [2.05, 4.69) is 15.9 Å². The molecule has 0 amide bonds. The van der Waals surface area contributed by atoms with Crippen LogP contribution in [0, 0.1) is 11.6 Å². The van der Waals surface area contributed by atoms with E-state index < -0.39 is 11.6 Å². The van der Waals surface area contributed by atoms with Crippen molar-refractivity contribution >= 4 is 15.9 Å². The molecule has 1 unspecified atom stereocenters. The minimum Gasteiger partial charge on any atom is -0.329 e. The quantitative estimate of drug-likeness (QED) is 0.883. The number of nitrogens with zero attached hydrogens (tertiary/aromatic N) is 1. The van der Waals surface area contributed by atoms with Crippen LogP contribution < -0.4 is 5.73 Å². The molecule has 21 heavy (non-hydrogen) atoms. The highest BCUT2D eigenvalue weighted by atomic mass is 79.9. The summed E-state index contributed by atoms with van der Waals surface area (Å²) in [5.74, 6) is -0.895. The van der Waals surface area contributed by atoms with Crippen LogP contribution in [0.2, 0.25) is 0 Å². The first-order chi connectivity index (χ1) is 10.0. The van der Waals surface area contributed by atoms with Crippen molar-refractivity contribution in [3.63, 3.8) is 0 Å². The van der Waals surface area contributed by atoms with Gasteiger partial charge in [-0.1, -0.05) is 28.1 Å². The highest BCUT2D eigenvalue weighted by Crippen LogP contribution is 2.24. The van der Waals surface area contributed by atoms with Gasteiger partial charge >= 0.3 is 0 Å². The van der Waals surface area contributed by atoms with E-state index >= 15 is 0 Å². The van der Waals surface area contributed by atoms with Crippen LogP contribution >= 0.6 is 15.9 Å². The Morgan fingerprint density at radius 1 is 1.19 bits per heavy atom. The molecule has 0 bridgehead atoms. The van der Waals surface area contributed by atoms with Gasteiger partial charge < -0.3 is 5.73 Å². The molecular weight excluding hydrogens is 338 g/mol. The Morgan fingerprint density at radius 2 is 1.95 bits per heavy atom. The molecular formula is C16H17BrF2N2. The molecule has 0 fully saturated rings. The van der Waals surface area contributed by atoms with Crippen LogP contribution in [0.1, 0.15) is 17.2 Å². The summed E-state index contributed by atoms with van der Waals surface area (Å²) in [6.07, 6.45) is 0. The van der Waals surface area contributed by atoms with Crippen LogP contribution in [0.4, 0.5) is 8.78 Å². The topological polar surface area (TPSA) is 29.3 Å². The lowest BCUT2D eigenvalue weighted by molar-refractivity contribution is 0.236. The summed E-state index contributed by atoms with van der Waals surface area (Å²) in [7, 11) is 1.85. The molecule has 0 radical (unpaired) electrons. The maximum atomic E-state index is 13.9. The van der Waals surface area contributed by atoms with E-state index in [-0.39, 0.29) is 18.2 Å². The third-order valence-electron chi connectivity index (χ3n) is 3.39. The van der Waals surface area contributed by atoms with E-state index in [1.807, 2.05) is 36.2 Å². The predicted molar refractivity (Wildman–Crippen MR) is 83.8 cm³/mol. The third kappa shape index (κ3) is 4.09. The van der Waals surface area contributed by atoms with Crippen molar-refractivity contribution < 1.29 is 8.78 Å². The lowest BCUT2D eigenvalue weighted by atomic mass is 10.0. The fourth-order valence-corrected chi connectivity index (χ4v) is 2.79. The van der Waals surface area contributed by atoms with Crippen LogP contribution in [0.5, 0.6) is 0 Å². The second kappa shape index (κ2) is 7.11. The van der Waals surface area contributed by atoms with Gasteiger partial charge in [0, 0.05) is 23.1 Å². The van der Waals surface area contributed by atoms with E-state index in [4.69, 9.17) is 5.73 Å². The lowest BCUT2D eigenvalue weighted by Gasteiger charge is -2.27. The Morgan fingerprint density at radius 3 is 2.62 bits per heavy atom. The second-order valence-corrected chi connectivity index (χ2v) is 5.88. The van der Waals surface area contributed by atoms with Gasteiger partial charge in [-0.15, -0.1) is 0 Å². The maximum Gasteiger partial charge on any atom is 0.128 e. The molecule has 2 aromatic rings. The molecule has 112 valence electrons. The van der Waals surface area contributed by atoms with Gasteiger partial charge in [0.05, 0.1) is 6.04 Å². The third-order valence-corrected chi connectivity index (χ3v) is 3.89. The summed E-state index contributed by atoms with van der Waals surface area (Å²) < 4.78 is 28.2. The molecule has 2 N–H and O–H groups in total. The lowest BCUT2D eigenvalue weighted by Crippen LogP contribution is -2.31. The molecule has 2 aromatic carbocycles. The summed E-state index contributed by atoms with van der Waals surface area (Å²) in [6.45, 7) is 0.808. The first-order valence-electron chi connectivity index (χ1n) is 6.61. The van der Waals surface area contributed by atoms with Crippen molar-refractivity contribution in [2.45, 2.75) is 12.6 Å². The van der Waals surface area contributed by atoms with Crippen LogP contribution in [0.3, 0.4) is 0 Å². The molecule has 0 saturated heterocycles. The molecule has 2 rings (SSSR count). The van der Waals surface area contributed by atoms with Gasteiger partial charge in [0.15, 0.2) is 0 Å². The zero-order valence-corrected chi connectivity index (χ0v) is 13.3. The Bertz CT molecular complexity index is 619. The Balaban J connectivity index is 2.22. The second-order valence-electron chi connectivity index (χ2n) is 4.96. The first kappa shape index (κ1) is 16.1. The van der Waals surface area contributed by atoms with Crippen molar-refractivity contribution in [3.8, 4) is 0 Å². The van der Waals surface area contributed by atoms with Gasteiger partial charge in [-0.3, -0.25) is 4.90 Å². The van der Waals surface area contributed by atoms with E-state index in [0.717, 1.165) is 22.2 Å². The molecule has 1 atom stereocenters. The van der Waals surface area contributed by atoms with E-state index in [1.165, 1.54) is 6.07 Å². The first-order valence-corrected chi connectivity index (χ1v) is 7.40. The fraction of sp³-hybridized carbons (Fsp3) is 0.250. The van der Waals surface area contributed by atoms with Gasteiger partial charge in [0.1, 0.15) is 11.6 Å². The summed E-state index contributed by atoms with van der Waals surface area (Å²) in [5, 5.41) is 0. The minimum absolute atomic E-state index is 0.213. The number of halogens is 3. The number of hydrogen-bond donors (Lipinski definition) is 1. The van der Waals surface area contributed by atoms with E-state index in [9.17, 15) is 8.78 Å². The standard InChI is InChI=1S/C16H17BrF2N2/c1-21(10-11-3-2-4-12(17)7-11)16(9-20)14-8-13(18)5-6-15(14)19/h2-8,16H,9-10,20H2,1H3.